The monoisotopic (exact) mass is 666 g/mol. The Labute approximate surface area is 279 Å². The van der Waals surface area contributed by atoms with E-state index in [1.165, 1.54) is 0 Å². The lowest BCUT2D eigenvalue weighted by molar-refractivity contribution is -0.128. The minimum absolute atomic E-state index is 0.0668. The van der Waals surface area contributed by atoms with Crippen LogP contribution in [0.2, 0.25) is 10.0 Å². The molecule has 0 spiro atoms. The van der Waals surface area contributed by atoms with Gasteiger partial charge < -0.3 is 34.9 Å². The molecule has 1 amide bonds. The quantitative estimate of drug-likeness (QED) is 0.216. The summed E-state index contributed by atoms with van der Waals surface area (Å²) >= 11 is 12.6. The summed E-state index contributed by atoms with van der Waals surface area (Å²) in [6, 6.07) is 13.9. The number of aliphatic hydroxyl groups excluding tert-OH is 1. The van der Waals surface area contributed by atoms with Gasteiger partial charge in [-0.25, -0.2) is 4.98 Å². The molecule has 244 valence electrons. The van der Waals surface area contributed by atoms with E-state index in [4.69, 9.17) is 37.4 Å². The Morgan fingerprint density at radius 2 is 1.74 bits per heavy atom. The molecule has 9 nitrogen and oxygen atoms in total. The normalized spacial score (nSPS) is 19.2. The molecule has 3 aromatic rings. The van der Waals surface area contributed by atoms with Gasteiger partial charge in [0.1, 0.15) is 25.6 Å². The van der Waals surface area contributed by atoms with Gasteiger partial charge in [0.15, 0.2) is 5.75 Å². The zero-order valence-electron chi connectivity index (χ0n) is 26.2. The highest BCUT2D eigenvalue weighted by Gasteiger charge is 2.41. The zero-order chi connectivity index (χ0) is 32.2. The van der Waals surface area contributed by atoms with E-state index in [1.54, 1.807) is 6.20 Å². The van der Waals surface area contributed by atoms with Crippen molar-refractivity contribution in [1.82, 2.24) is 20.5 Å². The number of carbonyl (C=O) groups is 1. The van der Waals surface area contributed by atoms with Crippen molar-refractivity contribution >= 4 is 34.7 Å². The fourth-order valence-corrected chi connectivity index (χ4v) is 6.93. The van der Waals surface area contributed by atoms with Crippen LogP contribution >= 0.6 is 23.2 Å². The number of aromatic nitrogens is 1. The van der Waals surface area contributed by atoms with Gasteiger partial charge in [-0.3, -0.25) is 4.79 Å². The molecule has 2 fully saturated rings. The second kappa shape index (κ2) is 14.6. The van der Waals surface area contributed by atoms with E-state index < -0.39 is 0 Å². The number of amides is 1. The maximum Gasteiger partial charge on any atom is 0.252 e. The molecule has 1 aliphatic carbocycles. The number of nitrogens with one attached hydrogen (secondary N) is 2. The number of carbonyl (C=O) groups excluding carboxylic acids is 1. The molecular weight excluding hydrogens is 627 g/mol. The smallest absolute Gasteiger partial charge is 0.252 e. The topological polar surface area (TPSA) is 105 Å². The highest BCUT2D eigenvalue weighted by molar-refractivity contribution is 6.37. The number of nitrogens with zero attached hydrogens (tertiary/aromatic N) is 2. The fourth-order valence-electron chi connectivity index (χ4n) is 6.22. The molecule has 3 heterocycles. The number of pyridine rings is 1. The van der Waals surface area contributed by atoms with Gasteiger partial charge in [0.05, 0.1) is 22.7 Å². The molecule has 2 aromatic carbocycles. The van der Waals surface area contributed by atoms with E-state index in [0.29, 0.717) is 53.7 Å². The van der Waals surface area contributed by atoms with E-state index in [-0.39, 0.29) is 37.2 Å². The summed E-state index contributed by atoms with van der Waals surface area (Å²) in [6.07, 6.45) is 4.44. The van der Waals surface area contributed by atoms with Crippen molar-refractivity contribution in [2.75, 3.05) is 39.5 Å². The summed E-state index contributed by atoms with van der Waals surface area (Å²) in [5, 5.41) is 17.4. The van der Waals surface area contributed by atoms with Crippen molar-refractivity contribution in [1.29, 1.82) is 0 Å². The number of ether oxygens (including phenoxy) is 3. The van der Waals surface area contributed by atoms with Crippen molar-refractivity contribution in [3.05, 3.63) is 86.5 Å². The number of halogens is 2. The van der Waals surface area contributed by atoms with Gasteiger partial charge in [0.25, 0.3) is 5.91 Å². The Morgan fingerprint density at radius 1 is 1.00 bits per heavy atom. The molecule has 1 unspecified atom stereocenters. The fraction of sp³-hybridized carbons (Fsp3) is 0.429. The van der Waals surface area contributed by atoms with Crippen LogP contribution in [0.4, 0.5) is 0 Å². The number of hydrogen-bond acceptors (Lipinski definition) is 8. The molecule has 2 atom stereocenters. The maximum atomic E-state index is 14.5. The van der Waals surface area contributed by atoms with Crippen molar-refractivity contribution in [2.24, 2.45) is 0 Å². The summed E-state index contributed by atoms with van der Waals surface area (Å²) in [5.41, 5.74) is 5.78. The summed E-state index contributed by atoms with van der Waals surface area (Å²) < 4.78 is 17.4. The van der Waals surface area contributed by atoms with Crippen molar-refractivity contribution in [3.63, 3.8) is 0 Å². The Balaban J connectivity index is 1.19. The summed E-state index contributed by atoms with van der Waals surface area (Å²) in [5.74, 6) is 1.73. The van der Waals surface area contributed by atoms with Crippen LogP contribution in [-0.4, -0.2) is 78.5 Å². The molecule has 0 radical (unpaired) electrons. The van der Waals surface area contributed by atoms with E-state index in [1.807, 2.05) is 61.2 Å². The van der Waals surface area contributed by atoms with Gasteiger partial charge in [-0.2, -0.15) is 0 Å². The van der Waals surface area contributed by atoms with E-state index in [0.717, 1.165) is 59.2 Å². The maximum absolute atomic E-state index is 14.5. The molecule has 6 rings (SSSR count). The molecule has 11 heteroatoms. The van der Waals surface area contributed by atoms with Crippen LogP contribution in [0.25, 0.3) is 5.57 Å². The summed E-state index contributed by atoms with van der Waals surface area (Å²) in [4.78, 5) is 20.9. The van der Waals surface area contributed by atoms with Gasteiger partial charge in [0, 0.05) is 49.1 Å². The minimum Gasteiger partial charge on any atom is -0.490 e. The van der Waals surface area contributed by atoms with Crippen LogP contribution in [0.5, 0.6) is 17.4 Å². The van der Waals surface area contributed by atoms with Gasteiger partial charge >= 0.3 is 0 Å². The lowest BCUT2D eigenvalue weighted by Gasteiger charge is -2.41. The third-order valence-electron chi connectivity index (χ3n) is 8.66. The lowest BCUT2D eigenvalue weighted by atomic mass is 9.83. The second-order valence-electron chi connectivity index (χ2n) is 12.1. The molecule has 2 bridgehead atoms. The second-order valence-corrected chi connectivity index (χ2v) is 12.9. The molecule has 1 saturated heterocycles. The predicted molar refractivity (Wildman–Crippen MR) is 179 cm³/mol. The van der Waals surface area contributed by atoms with Crippen LogP contribution < -0.4 is 24.8 Å². The van der Waals surface area contributed by atoms with Crippen molar-refractivity contribution in [3.8, 4) is 17.4 Å². The van der Waals surface area contributed by atoms with Crippen LogP contribution in [0.15, 0.2) is 54.2 Å². The summed E-state index contributed by atoms with van der Waals surface area (Å²) in [7, 11) is 0. The Hall–Kier alpha value is -3.34. The largest absolute Gasteiger partial charge is 0.490 e. The molecule has 1 saturated carbocycles. The highest BCUT2D eigenvalue weighted by Crippen LogP contribution is 2.38. The Bertz CT molecular complexity index is 1570. The van der Waals surface area contributed by atoms with E-state index in [9.17, 15) is 9.90 Å². The van der Waals surface area contributed by atoms with Gasteiger partial charge in [-0.05, 0) is 85.7 Å². The molecular formula is C35H40Cl2N4O5. The molecule has 2 aliphatic heterocycles. The van der Waals surface area contributed by atoms with Crippen LogP contribution in [0, 0.1) is 13.8 Å². The third kappa shape index (κ3) is 7.45. The van der Waals surface area contributed by atoms with Gasteiger partial charge in [0.2, 0.25) is 5.88 Å². The predicted octanol–water partition coefficient (Wildman–Crippen LogP) is 5.11. The Morgan fingerprint density at radius 3 is 2.46 bits per heavy atom. The average molecular weight is 668 g/mol. The number of rotatable bonds is 13. The van der Waals surface area contributed by atoms with Gasteiger partial charge in [-0.15, -0.1) is 0 Å². The molecule has 3 aliphatic rings. The average Bonchev–Trinajstić information content (AvgIpc) is 3.88. The number of aryl methyl sites for hydroxylation is 1. The number of benzene rings is 2. The Kier molecular flexibility index (Phi) is 10.4. The first kappa shape index (κ1) is 32.6. The summed E-state index contributed by atoms with van der Waals surface area (Å²) in [6.45, 7) is 6.61. The number of piperazine rings is 1. The van der Waals surface area contributed by atoms with Crippen LogP contribution in [0.3, 0.4) is 0 Å². The lowest BCUT2D eigenvalue weighted by Crippen LogP contribution is -2.60. The van der Waals surface area contributed by atoms with Crippen LogP contribution in [0.1, 0.15) is 41.5 Å². The third-order valence-corrected chi connectivity index (χ3v) is 9.23. The molecule has 3 N–H and O–H groups in total. The number of aliphatic hydroxyl groups is 1. The number of hydrogen-bond donors (Lipinski definition) is 3. The van der Waals surface area contributed by atoms with E-state index >= 15 is 0 Å². The first-order valence-electron chi connectivity index (χ1n) is 15.8. The highest BCUT2D eigenvalue weighted by atomic mass is 35.5. The standard InChI is InChI=1S/C35H40Cl2N4O5/c1-21-15-29(36)33(30(37)16-21)45-14-13-44-27-7-3-23(4-8-27)28-17-25-18-38-19-31(40-25)32(28)35(43)41(26-5-6-26)20-24-9-10-39-34(22(24)2)46-12-11-42/h3-4,7-10,15-16,25-26,31,38,40,42H,5-6,11-14,17-20H2,1-2H3/t25?,31-/m1/s1. The first-order chi connectivity index (χ1) is 22.3. The van der Waals surface area contributed by atoms with Crippen molar-refractivity contribution < 1.29 is 24.1 Å². The molecule has 1 aromatic heterocycles. The minimum atomic E-state index is -0.0848. The number of fused-ring (bicyclic) bond motifs is 2. The first-order valence-corrected chi connectivity index (χ1v) is 16.6. The van der Waals surface area contributed by atoms with Gasteiger partial charge in [-0.1, -0.05) is 35.3 Å². The van der Waals surface area contributed by atoms with E-state index in [2.05, 4.69) is 15.6 Å². The molecule has 46 heavy (non-hydrogen) atoms. The van der Waals surface area contributed by atoms with Crippen LogP contribution in [-0.2, 0) is 11.3 Å². The zero-order valence-corrected chi connectivity index (χ0v) is 27.7. The van der Waals surface area contributed by atoms with Crippen molar-refractivity contribution in [2.45, 2.75) is 57.8 Å². The SMILES string of the molecule is Cc1cc(Cl)c(OCCOc2ccc(C3=C(C(=O)N(Cc4ccnc(OCCO)c4C)C4CC4)[C@H]4CNCC(C3)N4)cc2)c(Cl)c1.